The Bertz CT molecular complexity index is 927. The summed E-state index contributed by atoms with van der Waals surface area (Å²) in [6, 6.07) is 25.6. The van der Waals surface area contributed by atoms with Crippen LogP contribution < -0.4 is 10.1 Å². The molecule has 1 saturated heterocycles. The van der Waals surface area contributed by atoms with Gasteiger partial charge in [-0.1, -0.05) is 66.7 Å². The van der Waals surface area contributed by atoms with Crippen LogP contribution in [-0.2, 0) is 9.53 Å². The lowest BCUT2D eigenvalue weighted by molar-refractivity contribution is -0.116. The number of carbonyl (C=O) groups is 1. The van der Waals surface area contributed by atoms with Crippen molar-refractivity contribution in [1.29, 1.82) is 0 Å². The number of hydrogen-bond donors (Lipinski definition) is 1. The van der Waals surface area contributed by atoms with Crippen molar-refractivity contribution in [3.63, 3.8) is 0 Å². The molecule has 1 aliphatic heterocycles. The Balaban J connectivity index is 1.58. The molecule has 1 fully saturated rings. The molecule has 0 aromatic heterocycles. The van der Waals surface area contributed by atoms with Crippen LogP contribution in [0, 0.1) is 6.92 Å². The summed E-state index contributed by atoms with van der Waals surface area (Å²) in [4.78, 5) is 13.4. The van der Waals surface area contributed by atoms with Gasteiger partial charge in [0.1, 0.15) is 12.4 Å². The maximum Gasteiger partial charge on any atom is 0.236 e. The molecule has 154 valence electrons. The summed E-state index contributed by atoms with van der Waals surface area (Å²) in [7, 11) is 0. The minimum absolute atomic E-state index is 0.0850. The monoisotopic (exact) mass is 401 g/mol. The molecular weight excluding hydrogens is 374 g/mol. The molecule has 4 heteroatoms. The summed E-state index contributed by atoms with van der Waals surface area (Å²) in [6.45, 7) is 3.30. The Hall–Kier alpha value is -3.11. The minimum atomic E-state index is -0.403. The lowest BCUT2D eigenvalue weighted by atomic mass is 9.90. The third kappa shape index (κ3) is 4.89. The lowest BCUT2D eigenvalue weighted by Gasteiger charge is -2.20. The van der Waals surface area contributed by atoms with E-state index in [-0.39, 0.29) is 12.0 Å². The topological polar surface area (TPSA) is 47.6 Å². The van der Waals surface area contributed by atoms with Crippen LogP contribution in [0.2, 0.25) is 0 Å². The number of hydrogen-bond acceptors (Lipinski definition) is 3. The second kappa shape index (κ2) is 9.59. The summed E-state index contributed by atoms with van der Waals surface area (Å²) < 4.78 is 11.7. The van der Waals surface area contributed by atoms with Crippen molar-refractivity contribution in [2.24, 2.45) is 0 Å². The fraction of sp³-hybridized carbons (Fsp3) is 0.269. The Kier molecular flexibility index (Phi) is 6.45. The van der Waals surface area contributed by atoms with Gasteiger partial charge in [0, 0.05) is 6.61 Å². The molecule has 4 nitrogen and oxygen atoms in total. The lowest BCUT2D eigenvalue weighted by Crippen LogP contribution is -2.23. The molecule has 1 heterocycles. The summed E-state index contributed by atoms with van der Waals surface area (Å²) in [5.74, 6) is 0.191. The molecule has 0 saturated carbocycles. The van der Waals surface area contributed by atoms with Gasteiger partial charge >= 0.3 is 0 Å². The van der Waals surface area contributed by atoms with E-state index in [9.17, 15) is 4.79 Å². The van der Waals surface area contributed by atoms with E-state index in [1.807, 2.05) is 85.8 Å². The number of ether oxygens (including phenoxy) is 2. The van der Waals surface area contributed by atoms with E-state index in [4.69, 9.17) is 9.47 Å². The number of carbonyl (C=O) groups excluding carboxylic acids is 1. The number of rotatable bonds is 7. The van der Waals surface area contributed by atoms with Gasteiger partial charge in [0.15, 0.2) is 0 Å². The van der Waals surface area contributed by atoms with Crippen molar-refractivity contribution in [2.45, 2.75) is 31.8 Å². The second-order valence-electron chi connectivity index (χ2n) is 7.69. The highest BCUT2D eigenvalue weighted by Gasteiger charge is 2.24. The smallest absolute Gasteiger partial charge is 0.236 e. The first kappa shape index (κ1) is 20.2. The first-order chi connectivity index (χ1) is 14.7. The maximum atomic E-state index is 13.4. The van der Waals surface area contributed by atoms with Crippen LogP contribution in [0.5, 0.6) is 5.75 Å². The van der Waals surface area contributed by atoms with Crippen LogP contribution in [0.15, 0.2) is 78.9 Å². The first-order valence-electron chi connectivity index (χ1n) is 10.5. The molecule has 1 amide bonds. The molecule has 1 unspecified atom stereocenters. The molecule has 0 bridgehead atoms. The summed E-state index contributed by atoms with van der Waals surface area (Å²) in [6.07, 6.45) is 2.20. The van der Waals surface area contributed by atoms with Gasteiger partial charge < -0.3 is 14.8 Å². The SMILES string of the molecule is Cc1ccc(NC(=O)C(c2ccccc2)c2ccccc2)c(OCC2CCCO2)c1. The van der Waals surface area contributed by atoms with Gasteiger partial charge in [-0.25, -0.2) is 0 Å². The average molecular weight is 402 g/mol. The van der Waals surface area contributed by atoms with E-state index in [0.717, 1.165) is 36.1 Å². The second-order valence-corrected chi connectivity index (χ2v) is 7.69. The van der Waals surface area contributed by atoms with Crippen LogP contribution in [0.25, 0.3) is 0 Å². The van der Waals surface area contributed by atoms with Crippen molar-refractivity contribution in [3.8, 4) is 5.75 Å². The minimum Gasteiger partial charge on any atom is -0.489 e. The molecule has 1 atom stereocenters. The van der Waals surface area contributed by atoms with Crippen LogP contribution in [0.4, 0.5) is 5.69 Å². The highest BCUT2D eigenvalue weighted by atomic mass is 16.5. The Labute approximate surface area is 177 Å². The van der Waals surface area contributed by atoms with E-state index in [1.54, 1.807) is 0 Å². The Morgan fingerprint density at radius 2 is 1.70 bits per heavy atom. The predicted molar refractivity (Wildman–Crippen MR) is 119 cm³/mol. The number of nitrogens with one attached hydrogen (secondary N) is 1. The standard InChI is InChI=1S/C26H27NO3/c1-19-14-15-23(24(17-19)30-18-22-13-8-16-29-22)27-26(28)25(20-9-4-2-5-10-20)21-11-6-3-7-12-21/h2-7,9-12,14-15,17,22,25H,8,13,16,18H2,1H3,(H,27,28). The van der Waals surface area contributed by atoms with Crippen molar-refractivity contribution in [3.05, 3.63) is 95.6 Å². The summed E-state index contributed by atoms with van der Waals surface area (Å²) in [5.41, 5.74) is 3.67. The van der Waals surface area contributed by atoms with Gasteiger partial charge in [0.25, 0.3) is 0 Å². The van der Waals surface area contributed by atoms with Crippen LogP contribution >= 0.6 is 0 Å². The predicted octanol–water partition coefficient (Wildman–Crippen LogP) is 5.32. The highest BCUT2D eigenvalue weighted by molar-refractivity contribution is 5.99. The third-order valence-electron chi connectivity index (χ3n) is 5.37. The Morgan fingerprint density at radius 3 is 2.30 bits per heavy atom. The molecule has 3 aromatic rings. The van der Waals surface area contributed by atoms with Crippen molar-refractivity contribution < 1.29 is 14.3 Å². The number of aryl methyl sites for hydroxylation is 1. The van der Waals surface area contributed by atoms with Crippen LogP contribution in [0.1, 0.15) is 35.4 Å². The van der Waals surface area contributed by atoms with E-state index < -0.39 is 5.92 Å². The van der Waals surface area contributed by atoms with Gasteiger partial charge in [-0.15, -0.1) is 0 Å². The first-order valence-corrected chi connectivity index (χ1v) is 10.5. The Morgan fingerprint density at radius 1 is 1.03 bits per heavy atom. The number of amides is 1. The average Bonchev–Trinajstić information content (AvgIpc) is 3.29. The molecule has 1 aliphatic rings. The normalized spacial score (nSPS) is 15.9. The van der Waals surface area contributed by atoms with Crippen LogP contribution in [-0.4, -0.2) is 25.2 Å². The van der Waals surface area contributed by atoms with E-state index in [1.165, 1.54) is 0 Å². The van der Waals surface area contributed by atoms with Gasteiger partial charge in [-0.05, 0) is 48.6 Å². The number of benzene rings is 3. The third-order valence-corrected chi connectivity index (χ3v) is 5.37. The highest BCUT2D eigenvalue weighted by Crippen LogP contribution is 2.31. The van der Waals surface area contributed by atoms with Gasteiger partial charge in [-0.3, -0.25) is 4.79 Å². The molecular formula is C26H27NO3. The van der Waals surface area contributed by atoms with E-state index in [2.05, 4.69) is 5.32 Å². The molecule has 0 radical (unpaired) electrons. The summed E-state index contributed by atoms with van der Waals surface area (Å²) in [5, 5.41) is 3.11. The fourth-order valence-corrected chi connectivity index (χ4v) is 3.80. The number of anilines is 1. The molecule has 1 N–H and O–H groups in total. The zero-order valence-corrected chi connectivity index (χ0v) is 17.2. The molecule has 4 rings (SSSR count). The largest absolute Gasteiger partial charge is 0.489 e. The van der Waals surface area contributed by atoms with Gasteiger partial charge in [0.05, 0.1) is 17.7 Å². The fourth-order valence-electron chi connectivity index (χ4n) is 3.80. The molecule has 30 heavy (non-hydrogen) atoms. The van der Waals surface area contributed by atoms with Crippen molar-refractivity contribution >= 4 is 11.6 Å². The zero-order valence-electron chi connectivity index (χ0n) is 17.2. The maximum absolute atomic E-state index is 13.4. The zero-order chi connectivity index (χ0) is 20.8. The van der Waals surface area contributed by atoms with Crippen LogP contribution in [0.3, 0.4) is 0 Å². The van der Waals surface area contributed by atoms with E-state index >= 15 is 0 Å². The van der Waals surface area contributed by atoms with E-state index in [0.29, 0.717) is 18.0 Å². The molecule has 0 aliphatic carbocycles. The summed E-state index contributed by atoms with van der Waals surface area (Å²) >= 11 is 0. The van der Waals surface area contributed by atoms with Crippen molar-refractivity contribution in [2.75, 3.05) is 18.5 Å². The van der Waals surface area contributed by atoms with Gasteiger partial charge in [-0.2, -0.15) is 0 Å². The molecule has 3 aromatic carbocycles. The van der Waals surface area contributed by atoms with Gasteiger partial charge in [0.2, 0.25) is 5.91 Å². The van der Waals surface area contributed by atoms with Crippen molar-refractivity contribution in [1.82, 2.24) is 0 Å². The quantitative estimate of drug-likeness (QED) is 0.583. The molecule has 0 spiro atoms.